The number of imidazole rings is 1. The average Bonchev–Trinajstić information content (AvgIpc) is 3.40. The highest BCUT2D eigenvalue weighted by molar-refractivity contribution is 9.10. The number of anilines is 1. The minimum absolute atomic E-state index is 0.0636. The molecule has 1 aliphatic rings. The van der Waals surface area contributed by atoms with Crippen molar-refractivity contribution in [3.05, 3.63) is 82.1 Å². The molecule has 0 saturated carbocycles. The number of hydrogen-bond donors (Lipinski definition) is 1. The number of carbonyl (C=O) groups is 2. The zero-order valence-corrected chi connectivity index (χ0v) is 18.6. The van der Waals surface area contributed by atoms with E-state index in [4.69, 9.17) is 0 Å². The third-order valence-electron chi connectivity index (χ3n) is 5.44. The molecule has 0 bridgehead atoms. The van der Waals surface area contributed by atoms with E-state index in [1.54, 1.807) is 40.3 Å². The molecule has 1 N–H and O–H groups in total. The van der Waals surface area contributed by atoms with Gasteiger partial charge in [-0.2, -0.15) is 0 Å². The molecule has 0 aliphatic carbocycles. The first-order chi connectivity index (χ1) is 14.9. The summed E-state index contributed by atoms with van der Waals surface area (Å²) in [6.07, 6.45) is 5.22. The van der Waals surface area contributed by atoms with Gasteiger partial charge in [0.1, 0.15) is 5.82 Å². The van der Waals surface area contributed by atoms with Gasteiger partial charge in [-0.15, -0.1) is 0 Å². The van der Waals surface area contributed by atoms with E-state index in [1.165, 1.54) is 6.07 Å². The van der Waals surface area contributed by atoms with Gasteiger partial charge in [0.25, 0.3) is 0 Å². The summed E-state index contributed by atoms with van der Waals surface area (Å²) in [6, 6.07) is 10.5. The third kappa shape index (κ3) is 4.85. The van der Waals surface area contributed by atoms with Crippen LogP contribution in [-0.4, -0.2) is 27.9 Å². The number of hydrogen-bond acceptors (Lipinski definition) is 3. The lowest BCUT2D eigenvalue weighted by Crippen LogP contribution is -2.32. The number of carbonyl (C=O) groups excluding carboxylic acids is 2. The second kappa shape index (κ2) is 9.01. The van der Waals surface area contributed by atoms with Crippen LogP contribution in [0.15, 0.2) is 59.6 Å². The highest BCUT2D eigenvalue weighted by Crippen LogP contribution is 2.28. The number of aryl methyl sites for hydroxylation is 1. The first-order valence-corrected chi connectivity index (χ1v) is 10.8. The maximum Gasteiger partial charge on any atom is 0.227 e. The van der Waals surface area contributed by atoms with Gasteiger partial charge >= 0.3 is 0 Å². The van der Waals surface area contributed by atoms with E-state index in [0.29, 0.717) is 18.7 Å². The Bertz CT molecular complexity index is 1120. The Kier molecular flexibility index (Phi) is 6.18. The number of halogens is 2. The first kappa shape index (κ1) is 21.2. The predicted molar refractivity (Wildman–Crippen MR) is 119 cm³/mol. The Hall–Kier alpha value is -3.00. The summed E-state index contributed by atoms with van der Waals surface area (Å²) in [7, 11) is 0. The molecule has 1 unspecified atom stereocenters. The summed E-state index contributed by atoms with van der Waals surface area (Å²) in [5.41, 5.74) is 3.15. The van der Waals surface area contributed by atoms with E-state index in [1.807, 2.05) is 25.1 Å². The Morgan fingerprint density at radius 2 is 2.13 bits per heavy atom. The van der Waals surface area contributed by atoms with Crippen molar-refractivity contribution < 1.29 is 14.0 Å². The average molecular weight is 485 g/mol. The largest absolute Gasteiger partial charge is 0.352 e. The van der Waals surface area contributed by atoms with E-state index >= 15 is 0 Å². The van der Waals surface area contributed by atoms with E-state index < -0.39 is 5.92 Å². The van der Waals surface area contributed by atoms with Crippen LogP contribution in [0.5, 0.6) is 0 Å². The van der Waals surface area contributed by atoms with Crippen LogP contribution in [-0.2, 0) is 22.7 Å². The molecule has 2 amide bonds. The SMILES string of the molecule is Cc1cc(N2CC(C(=O)NCc3ccc(F)c(Cn4ccnc4)c3)CC2=O)ccc1Br. The minimum Gasteiger partial charge on any atom is -0.352 e. The molecule has 3 aromatic rings. The molecule has 160 valence electrons. The number of nitrogens with zero attached hydrogens (tertiary/aromatic N) is 3. The summed E-state index contributed by atoms with van der Waals surface area (Å²) >= 11 is 3.46. The van der Waals surface area contributed by atoms with Crippen LogP contribution in [0, 0.1) is 18.7 Å². The van der Waals surface area contributed by atoms with Gasteiger partial charge in [-0.25, -0.2) is 9.37 Å². The minimum atomic E-state index is -0.415. The monoisotopic (exact) mass is 484 g/mol. The molecule has 1 aliphatic heterocycles. The Morgan fingerprint density at radius 3 is 2.87 bits per heavy atom. The summed E-state index contributed by atoms with van der Waals surface area (Å²) in [4.78, 5) is 30.8. The summed E-state index contributed by atoms with van der Waals surface area (Å²) < 4.78 is 16.9. The van der Waals surface area contributed by atoms with Crippen molar-refractivity contribution in [3.8, 4) is 0 Å². The fourth-order valence-corrected chi connectivity index (χ4v) is 3.95. The lowest BCUT2D eigenvalue weighted by atomic mass is 10.1. The summed E-state index contributed by atoms with van der Waals surface area (Å²) in [5, 5.41) is 2.89. The standard InChI is InChI=1S/C23H22BrFN4O2/c1-15-8-19(3-4-20(15)24)29-13-18(10-22(29)30)23(31)27-11-16-2-5-21(25)17(9-16)12-28-7-6-26-14-28/h2-9,14,18H,10-13H2,1H3,(H,27,31). The Labute approximate surface area is 188 Å². The van der Waals surface area contributed by atoms with E-state index in [9.17, 15) is 14.0 Å². The van der Waals surface area contributed by atoms with Crippen LogP contribution in [0.2, 0.25) is 0 Å². The van der Waals surface area contributed by atoms with E-state index in [0.717, 1.165) is 21.3 Å². The van der Waals surface area contributed by atoms with Crippen LogP contribution in [0.3, 0.4) is 0 Å². The lowest BCUT2D eigenvalue weighted by molar-refractivity contribution is -0.126. The van der Waals surface area contributed by atoms with Crippen molar-refractivity contribution in [1.82, 2.24) is 14.9 Å². The van der Waals surface area contributed by atoms with Crippen LogP contribution in [0.4, 0.5) is 10.1 Å². The van der Waals surface area contributed by atoms with Crippen LogP contribution in [0.1, 0.15) is 23.1 Å². The molecule has 1 atom stereocenters. The lowest BCUT2D eigenvalue weighted by Gasteiger charge is -2.18. The van der Waals surface area contributed by atoms with Gasteiger partial charge in [0.05, 0.1) is 18.8 Å². The second-order valence-electron chi connectivity index (χ2n) is 7.72. The molecule has 8 heteroatoms. The molecule has 2 heterocycles. The molecule has 1 aromatic heterocycles. The smallest absolute Gasteiger partial charge is 0.227 e. The molecule has 0 radical (unpaired) electrons. The number of aromatic nitrogens is 2. The maximum absolute atomic E-state index is 14.1. The van der Waals surface area contributed by atoms with Gasteiger partial charge in [0, 0.05) is 47.6 Å². The molecule has 6 nitrogen and oxygen atoms in total. The summed E-state index contributed by atoms with van der Waals surface area (Å²) in [6.45, 7) is 2.95. The highest BCUT2D eigenvalue weighted by atomic mass is 79.9. The van der Waals surface area contributed by atoms with Crippen LogP contribution in [0.25, 0.3) is 0 Å². The van der Waals surface area contributed by atoms with Crippen molar-refractivity contribution in [3.63, 3.8) is 0 Å². The first-order valence-electron chi connectivity index (χ1n) is 9.98. The number of nitrogens with one attached hydrogen (secondary N) is 1. The molecule has 31 heavy (non-hydrogen) atoms. The highest BCUT2D eigenvalue weighted by Gasteiger charge is 2.35. The quantitative estimate of drug-likeness (QED) is 0.578. The zero-order valence-electron chi connectivity index (χ0n) is 17.0. The van der Waals surface area contributed by atoms with Gasteiger partial charge < -0.3 is 14.8 Å². The fourth-order valence-electron chi connectivity index (χ4n) is 3.70. The van der Waals surface area contributed by atoms with Gasteiger partial charge in [-0.1, -0.05) is 22.0 Å². The van der Waals surface area contributed by atoms with Gasteiger partial charge in [-0.05, 0) is 48.4 Å². The normalized spacial score (nSPS) is 16.0. The maximum atomic E-state index is 14.1. The van der Waals surface area contributed by atoms with Crippen molar-refractivity contribution in [2.45, 2.75) is 26.4 Å². The summed E-state index contributed by atoms with van der Waals surface area (Å²) in [5.74, 6) is -0.954. The molecule has 4 rings (SSSR count). The Balaban J connectivity index is 1.38. The molecular weight excluding hydrogens is 463 g/mol. The number of amides is 2. The second-order valence-corrected chi connectivity index (χ2v) is 8.57. The molecule has 0 spiro atoms. The van der Waals surface area contributed by atoms with Crippen molar-refractivity contribution >= 4 is 33.4 Å². The van der Waals surface area contributed by atoms with Crippen LogP contribution >= 0.6 is 15.9 Å². The van der Waals surface area contributed by atoms with Crippen molar-refractivity contribution in [2.24, 2.45) is 5.92 Å². The Morgan fingerprint density at radius 1 is 1.29 bits per heavy atom. The molecule has 1 fully saturated rings. The third-order valence-corrected chi connectivity index (χ3v) is 6.33. The zero-order chi connectivity index (χ0) is 22.0. The van der Waals surface area contributed by atoms with Gasteiger partial charge in [0.2, 0.25) is 11.8 Å². The van der Waals surface area contributed by atoms with Crippen LogP contribution < -0.4 is 10.2 Å². The number of benzene rings is 2. The van der Waals surface area contributed by atoms with Gasteiger partial charge in [0.15, 0.2) is 0 Å². The van der Waals surface area contributed by atoms with Crippen molar-refractivity contribution in [2.75, 3.05) is 11.4 Å². The van der Waals surface area contributed by atoms with E-state index in [2.05, 4.69) is 26.2 Å². The van der Waals surface area contributed by atoms with Crippen molar-refractivity contribution in [1.29, 1.82) is 0 Å². The topological polar surface area (TPSA) is 67.2 Å². The number of rotatable bonds is 6. The van der Waals surface area contributed by atoms with Gasteiger partial charge in [-0.3, -0.25) is 9.59 Å². The van der Waals surface area contributed by atoms with E-state index in [-0.39, 0.29) is 30.6 Å². The molecular formula is C23H22BrFN4O2. The fraction of sp³-hybridized carbons (Fsp3) is 0.261. The molecule has 2 aromatic carbocycles. The molecule has 1 saturated heterocycles. The predicted octanol–water partition coefficient (Wildman–Crippen LogP) is 3.81.